The summed E-state index contributed by atoms with van der Waals surface area (Å²) in [6.07, 6.45) is 1.65. The Labute approximate surface area is 107 Å². The predicted octanol–water partition coefficient (Wildman–Crippen LogP) is 1.74. The predicted molar refractivity (Wildman–Crippen MR) is 65.4 cm³/mol. The second-order valence-electron chi connectivity index (χ2n) is 3.60. The van der Waals surface area contributed by atoms with Crippen LogP contribution >= 0.6 is 0 Å². The summed E-state index contributed by atoms with van der Waals surface area (Å²) in [6, 6.07) is 7.65. The van der Waals surface area contributed by atoms with E-state index >= 15 is 0 Å². The van der Waals surface area contributed by atoms with E-state index in [1.54, 1.807) is 18.2 Å². The number of carbonyl (C=O) groups is 1. The maximum absolute atomic E-state index is 11.6. The molecule has 0 amide bonds. The van der Waals surface area contributed by atoms with Crippen LogP contribution in [0, 0.1) is 0 Å². The van der Waals surface area contributed by atoms with E-state index in [0.29, 0.717) is 0 Å². The van der Waals surface area contributed by atoms with Gasteiger partial charge in [-0.3, -0.25) is 4.18 Å². The minimum atomic E-state index is -3.89. The summed E-state index contributed by atoms with van der Waals surface area (Å²) in [5.41, 5.74) is 0. The quantitative estimate of drug-likeness (QED) is 0.429. The summed E-state index contributed by atoms with van der Waals surface area (Å²) < 4.78 is 32.7. The first-order valence-corrected chi connectivity index (χ1v) is 7.07. The highest BCUT2D eigenvalue weighted by atomic mass is 32.2. The maximum Gasteiger partial charge on any atom is 0.333 e. The van der Waals surface area contributed by atoms with Crippen molar-refractivity contribution in [3.8, 4) is 0 Å². The maximum atomic E-state index is 11.6. The molecule has 0 atom stereocenters. The highest BCUT2D eigenvalue weighted by Gasteiger charge is 2.16. The summed E-state index contributed by atoms with van der Waals surface area (Å²) in [5, 5.41) is 0. The topological polar surface area (TPSA) is 69.7 Å². The first-order valence-electron chi connectivity index (χ1n) is 5.66. The van der Waals surface area contributed by atoms with Crippen LogP contribution in [-0.2, 0) is 23.8 Å². The van der Waals surface area contributed by atoms with Gasteiger partial charge in [-0.05, 0) is 18.6 Å². The number of ether oxygens (including phenoxy) is 1. The fourth-order valence-electron chi connectivity index (χ4n) is 1.15. The van der Waals surface area contributed by atoms with Crippen molar-refractivity contribution in [1.82, 2.24) is 0 Å². The van der Waals surface area contributed by atoms with Crippen LogP contribution in [-0.4, -0.2) is 27.6 Å². The van der Waals surface area contributed by atoms with Crippen molar-refractivity contribution in [2.45, 2.75) is 24.7 Å². The highest BCUT2D eigenvalue weighted by Crippen LogP contribution is 2.10. The second kappa shape index (κ2) is 7.13. The van der Waals surface area contributed by atoms with Gasteiger partial charge in [-0.1, -0.05) is 31.5 Å². The average molecular weight is 272 g/mol. The molecule has 100 valence electrons. The van der Waals surface area contributed by atoms with Crippen LogP contribution in [0.5, 0.6) is 0 Å². The van der Waals surface area contributed by atoms with Gasteiger partial charge in [0.05, 0.1) is 11.5 Å². The molecular formula is C12H16O5S. The Balaban J connectivity index is 2.46. The van der Waals surface area contributed by atoms with Gasteiger partial charge < -0.3 is 4.74 Å². The number of rotatable bonds is 7. The SMILES string of the molecule is CCCCOC(=O)COS(=O)(=O)c1ccccc1. The second-order valence-corrected chi connectivity index (χ2v) is 5.22. The molecule has 0 saturated carbocycles. The Bertz CT molecular complexity index is 467. The molecule has 1 aromatic carbocycles. The zero-order chi connectivity index (χ0) is 13.4. The van der Waals surface area contributed by atoms with Gasteiger partial charge in [-0.25, -0.2) is 4.79 Å². The Kier molecular flexibility index (Phi) is 5.80. The number of carbonyl (C=O) groups excluding carboxylic acids is 1. The molecule has 0 unspecified atom stereocenters. The first-order chi connectivity index (χ1) is 8.56. The van der Waals surface area contributed by atoms with E-state index in [4.69, 9.17) is 4.74 Å². The van der Waals surface area contributed by atoms with Gasteiger partial charge in [0.1, 0.15) is 0 Å². The molecule has 0 bridgehead atoms. The molecule has 0 aliphatic heterocycles. The summed E-state index contributed by atoms with van der Waals surface area (Å²) in [4.78, 5) is 11.2. The van der Waals surface area contributed by atoms with Gasteiger partial charge in [0.15, 0.2) is 6.61 Å². The molecule has 0 heterocycles. The molecule has 0 spiro atoms. The van der Waals surface area contributed by atoms with E-state index in [1.165, 1.54) is 12.1 Å². The van der Waals surface area contributed by atoms with Gasteiger partial charge in [0, 0.05) is 0 Å². The van der Waals surface area contributed by atoms with Gasteiger partial charge in [0.25, 0.3) is 10.1 Å². The first kappa shape index (κ1) is 14.7. The summed E-state index contributed by atoms with van der Waals surface area (Å²) in [6.45, 7) is 1.65. The van der Waals surface area contributed by atoms with E-state index in [-0.39, 0.29) is 11.5 Å². The lowest BCUT2D eigenvalue weighted by Gasteiger charge is -2.06. The minimum absolute atomic E-state index is 0.0198. The van der Waals surface area contributed by atoms with Gasteiger partial charge in [-0.15, -0.1) is 0 Å². The largest absolute Gasteiger partial charge is 0.464 e. The number of hydrogen-bond donors (Lipinski definition) is 0. The summed E-state index contributed by atoms with van der Waals surface area (Å²) in [5.74, 6) is -0.678. The molecule has 0 aliphatic rings. The highest BCUT2D eigenvalue weighted by molar-refractivity contribution is 7.86. The normalized spacial score (nSPS) is 11.2. The lowest BCUT2D eigenvalue weighted by molar-refractivity contribution is -0.146. The number of unbranched alkanes of at least 4 members (excludes halogenated alkanes) is 1. The van der Waals surface area contributed by atoms with E-state index in [9.17, 15) is 13.2 Å². The van der Waals surface area contributed by atoms with E-state index < -0.39 is 22.7 Å². The zero-order valence-electron chi connectivity index (χ0n) is 10.2. The Hall–Kier alpha value is -1.40. The van der Waals surface area contributed by atoms with Crippen molar-refractivity contribution < 1.29 is 22.1 Å². The van der Waals surface area contributed by atoms with Gasteiger partial charge in [-0.2, -0.15) is 8.42 Å². The monoisotopic (exact) mass is 272 g/mol. The van der Waals surface area contributed by atoms with E-state index in [1.807, 2.05) is 6.92 Å². The van der Waals surface area contributed by atoms with Gasteiger partial charge in [0.2, 0.25) is 0 Å². The van der Waals surface area contributed by atoms with Crippen LogP contribution in [0.2, 0.25) is 0 Å². The van der Waals surface area contributed by atoms with E-state index in [2.05, 4.69) is 4.18 Å². The zero-order valence-corrected chi connectivity index (χ0v) is 11.0. The third-order valence-corrected chi connectivity index (χ3v) is 3.40. The van der Waals surface area contributed by atoms with Crippen LogP contribution < -0.4 is 0 Å². The molecule has 0 aliphatic carbocycles. The van der Waals surface area contributed by atoms with Crippen molar-refractivity contribution in [2.75, 3.05) is 13.2 Å². The summed E-state index contributed by atoms with van der Waals surface area (Å²) >= 11 is 0. The number of hydrogen-bond acceptors (Lipinski definition) is 5. The number of esters is 1. The van der Waals surface area contributed by atoms with Crippen molar-refractivity contribution in [3.63, 3.8) is 0 Å². The third kappa shape index (κ3) is 4.85. The molecule has 0 radical (unpaired) electrons. The van der Waals surface area contributed by atoms with Crippen LogP contribution in [0.25, 0.3) is 0 Å². The van der Waals surface area contributed by atoms with Crippen molar-refractivity contribution in [1.29, 1.82) is 0 Å². The molecule has 5 nitrogen and oxygen atoms in total. The fourth-order valence-corrected chi connectivity index (χ4v) is 2.03. The van der Waals surface area contributed by atoms with Crippen LogP contribution in [0.15, 0.2) is 35.2 Å². The minimum Gasteiger partial charge on any atom is -0.464 e. The van der Waals surface area contributed by atoms with Crippen LogP contribution in [0.1, 0.15) is 19.8 Å². The summed E-state index contributed by atoms with van der Waals surface area (Å²) in [7, 11) is -3.89. The van der Waals surface area contributed by atoms with Crippen LogP contribution in [0.4, 0.5) is 0 Å². The molecule has 1 rings (SSSR count). The van der Waals surface area contributed by atoms with E-state index in [0.717, 1.165) is 12.8 Å². The average Bonchev–Trinajstić information content (AvgIpc) is 2.38. The molecule has 1 aromatic rings. The molecule has 18 heavy (non-hydrogen) atoms. The Morgan fingerprint density at radius 3 is 2.50 bits per heavy atom. The van der Waals surface area contributed by atoms with Crippen molar-refractivity contribution >= 4 is 16.1 Å². The fraction of sp³-hybridized carbons (Fsp3) is 0.417. The Morgan fingerprint density at radius 1 is 1.22 bits per heavy atom. The van der Waals surface area contributed by atoms with Crippen molar-refractivity contribution in [2.24, 2.45) is 0 Å². The third-order valence-electron chi connectivity index (χ3n) is 2.12. The standard InChI is InChI=1S/C12H16O5S/c1-2-3-9-16-12(13)10-17-18(14,15)11-7-5-4-6-8-11/h4-8H,2-3,9-10H2,1H3. The molecular weight excluding hydrogens is 256 g/mol. The van der Waals surface area contributed by atoms with Crippen LogP contribution in [0.3, 0.4) is 0 Å². The van der Waals surface area contributed by atoms with Gasteiger partial charge >= 0.3 is 5.97 Å². The molecule has 0 fully saturated rings. The molecule has 6 heteroatoms. The molecule has 0 aromatic heterocycles. The Morgan fingerprint density at radius 2 is 1.89 bits per heavy atom. The lowest BCUT2D eigenvalue weighted by Crippen LogP contribution is -2.17. The number of benzene rings is 1. The smallest absolute Gasteiger partial charge is 0.333 e. The van der Waals surface area contributed by atoms with Crippen molar-refractivity contribution in [3.05, 3.63) is 30.3 Å². The molecule has 0 N–H and O–H groups in total. The molecule has 0 saturated heterocycles. The lowest BCUT2D eigenvalue weighted by atomic mass is 10.4.